The lowest BCUT2D eigenvalue weighted by atomic mass is 9.84. The van der Waals surface area contributed by atoms with Gasteiger partial charge in [-0.05, 0) is 87.9 Å². The van der Waals surface area contributed by atoms with Crippen molar-refractivity contribution >= 4 is 0 Å². The van der Waals surface area contributed by atoms with E-state index in [4.69, 9.17) is 4.98 Å². The molecule has 1 aromatic heterocycles. The van der Waals surface area contributed by atoms with E-state index in [1.807, 2.05) is 0 Å². The zero-order valence-electron chi connectivity index (χ0n) is 16.8. The highest BCUT2D eigenvalue weighted by molar-refractivity contribution is 5.26. The third-order valence-electron chi connectivity index (χ3n) is 7.30. The Labute approximate surface area is 167 Å². The Balaban J connectivity index is 1.12. The normalized spacial score (nSPS) is 21.6. The number of rotatable bonds is 5. The smallest absolute Gasteiger partial charge is 0.254 e. The molecular weight excluding hydrogens is 346 g/mol. The molecule has 2 aromatic rings. The summed E-state index contributed by atoms with van der Waals surface area (Å²) < 4.78 is 0. The molecule has 1 aromatic carbocycles. The summed E-state index contributed by atoms with van der Waals surface area (Å²) in [6.07, 6.45) is 10.2. The van der Waals surface area contributed by atoms with Crippen LogP contribution < -0.4 is 5.56 Å². The summed E-state index contributed by atoms with van der Waals surface area (Å²) in [4.78, 5) is 23.0. The highest BCUT2D eigenvalue weighted by atomic mass is 16.1. The standard InChI is InChI=1S/C24H31N3O/c28-23-20-17-24(12-13-24)11-8-21(20)25-22(26-23)7-4-14-27-15-9-19(10-16-27)18-5-2-1-3-6-18/h1-3,5-6,19H,4,7-17H2,(H,25,26,28). The molecule has 1 aliphatic heterocycles. The maximum atomic E-state index is 12.5. The van der Waals surface area contributed by atoms with Gasteiger partial charge in [0.15, 0.2) is 0 Å². The maximum Gasteiger partial charge on any atom is 0.254 e. The summed E-state index contributed by atoms with van der Waals surface area (Å²) in [6.45, 7) is 3.46. The maximum absolute atomic E-state index is 12.5. The second kappa shape index (κ2) is 7.47. The highest BCUT2D eigenvalue weighted by Crippen LogP contribution is 2.53. The SMILES string of the molecule is O=c1[nH]c(CCCN2CCC(c3ccccc3)CC2)nc2c1CC1(CC2)CC1. The van der Waals surface area contributed by atoms with Crippen LogP contribution in [0, 0.1) is 5.41 Å². The number of likely N-dealkylation sites (tertiary alicyclic amines) is 1. The van der Waals surface area contributed by atoms with E-state index in [9.17, 15) is 4.79 Å². The van der Waals surface area contributed by atoms with Crippen LogP contribution in [0.1, 0.15) is 67.1 Å². The molecule has 148 valence electrons. The number of nitrogens with zero attached hydrogens (tertiary/aromatic N) is 2. The summed E-state index contributed by atoms with van der Waals surface area (Å²) in [5.74, 6) is 1.61. The molecule has 1 saturated heterocycles. The molecule has 1 saturated carbocycles. The van der Waals surface area contributed by atoms with E-state index >= 15 is 0 Å². The van der Waals surface area contributed by atoms with Gasteiger partial charge >= 0.3 is 0 Å². The number of hydrogen-bond acceptors (Lipinski definition) is 3. The van der Waals surface area contributed by atoms with Gasteiger partial charge in [-0.2, -0.15) is 0 Å². The minimum atomic E-state index is 0.134. The summed E-state index contributed by atoms with van der Waals surface area (Å²) in [7, 11) is 0. The van der Waals surface area contributed by atoms with Gasteiger partial charge in [-0.15, -0.1) is 0 Å². The number of aromatic nitrogens is 2. The predicted molar refractivity (Wildman–Crippen MR) is 112 cm³/mol. The molecule has 28 heavy (non-hydrogen) atoms. The molecule has 0 amide bonds. The van der Waals surface area contributed by atoms with E-state index in [0.29, 0.717) is 11.3 Å². The first-order valence-corrected chi connectivity index (χ1v) is 11.1. The van der Waals surface area contributed by atoms with Crippen LogP contribution in [0.15, 0.2) is 35.1 Å². The molecule has 1 N–H and O–H groups in total. The average Bonchev–Trinajstić information content (AvgIpc) is 3.49. The van der Waals surface area contributed by atoms with E-state index in [1.54, 1.807) is 0 Å². The molecule has 0 atom stereocenters. The van der Waals surface area contributed by atoms with Gasteiger partial charge in [-0.3, -0.25) is 4.79 Å². The molecule has 4 heteroatoms. The van der Waals surface area contributed by atoms with Gasteiger partial charge in [0.25, 0.3) is 5.56 Å². The van der Waals surface area contributed by atoms with Crippen molar-refractivity contribution in [1.82, 2.24) is 14.9 Å². The molecular formula is C24H31N3O. The van der Waals surface area contributed by atoms with Crippen LogP contribution in [-0.2, 0) is 19.3 Å². The number of benzene rings is 1. The zero-order valence-corrected chi connectivity index (χ0v) is 16.8. The van der Waals surface area contributed by atoms with E-state index in [-0.39, 0.29) is 5.56 Å². The lowest BCUT2D eigenvalue weighted by Crippen LogP contribution is -2.34. The van der Waals surface area contributed by atoms with Gasteiger partial charge in [0, 0.05) is 12.0 Å². The Hall–Kier alpha value is -1.94. The molecule has 2 heterocycles. The third kappa shape index (κ3) is 3.80. The van der Waals surface area contributed by atoms with Gasteiger partial charge in [-0.25, -0.2) is 4.98 Å². The van der Waals surface area contributed by atoms with Crippen molar-refractivity contribution < 1.29 is 0 Å². The summed E-state index contributed by atoms with van der Waals surface area (Å²) in [5.41, 5.74) is 4.16. The van der Waals surface area contributed by atoms with Crippen LogP contribution in [0.4, 0.5) is 0 Å². The Morgan fingerprint density at radius 2 is 1.89 bits per heavy atom. The number of aromatic amines is 1. The molecule has 0 unspecified atom stereocenters. The number of piperidine rings is 1. The minimum Gasteiger partial charge on any atom is -0.310 e. The molecule has 3 aliphatic rings. The summed E-state index contributed by atoms with van der Waals surface area (Å²) >= 11 is 0. The zero-order chi connectivity index (χ0) is 19.0. The number of nitrogens with one attached hydrogen (secondary N) is 1. The Morgan fingerprint density at radius 3 is 2.64 bits per heavy atom. The lowest BCUT2D eigenvalue weighted by Gasteiger charge is -2.32. The van der Waals surface area contributed by atoms with Gasteiger partial charge in [0.2, 0.25) is 0 Å². The fourth-order valence-corrected chi connectivity index (χ4v) is 5.24. The molecule has 2 fully saturated rings. The van der Waals surface area contributed by atoms with Crippen LogP contribution in [0.5, 0.6) is 0 Å². The quantitative estimate of drug-likeness (QED) is 0.861. The first-order valence-electron chi connectivity index (χ1n) is 11.1. The van der Waals surface area contributed by atoms with E-state index in [2.05, 4.69) is 40.2 Å². The van der Waals surface area contributed by atoms with Gasteiger partial charge < -0.3 is 9.88 Å². The van der Waals surface area contributed by atoms with Crippen molar-refractivity contribution in [2.45, 2.75) is 63.7 Å². The van der Waals surface area contributed by atoms with E-state index in [0.717, 1.165) is 49.3 Å². The lowest BCUT2D eigenvalue weighted by molar-refractivity contribution is 0.210. The minimum absolute atomic E-state index is 0.134. The molecule has 1 spiro atoms. The van der Waals surface area contributed by atoms with Gasteiger partial charge in [0.05, 0.1) is 5.69 Å². The monoisotopic (exact) mass is 377 g/mol. The van der Waals surface area contributed by atoms with Crippen molar-refractivity contribution in [2.75, 3.05) is 19.6 Å². The predicted octanol–water partition coefficient (Wildman–Crippen LogP) is 3.85. The van der Waals surface area contributed by atoms with E-state index < -0.39 is 0 Å². The highest BCUT2D eigenvalue weighted by Gasteiger charge is 2.45. The molecule has 4 nitrogen and oxygen atoms in total. The topological polar surface area (TPSA) is 49.0 Å². The number of hydrogen-bond donors (Lipinski definition) is 1. The van der Waals surface area contributed by atoms with Crippen molar-refractivity contribution in [1.29, 1.82) is 0 Å². The average molecular weight is 378 g/mol. The van der Waals surface area contributed by atoms with Crippen LogP contribution in [0.25, 0.3) is 0 Å². The summed E-state index contributed by atoms with van der Waals surface area (Å²) in [6, 6.07) is 10.9. The van der Waals surface area contributed by atoms with Crippen LogP contribution in [-0.4, -0.2) is 34.5 Å². The Kier molecular flexibility index (Phi) is 4.83. The fraction of sp³-hybridized carbons (Fsp3) is 0.583. The van der Waals surface area contributed by atoms with Crippen molar-refractivity contribution in [3.63, 3.8) is 0 Å². The second-order valence-electron chi connectivity index (χ2n) is 9.24. The molecule has 5 rings (SSSR count). The van der Waals surface area contributed by atoms with Crippen LogP contribution >= 0.6 is 0 Å². The van der Waals surface area contributed by atoms with E-state index in [1.165, 1.54) is 50.8 Å². The molecule has 2 aliphatic carbocycles. The van der Waals surface area contributed by atoms with Crippen molar-refractivity contribution in [3.8, 4) is 0 Å². The Morgan fingerprint density at radius 1 is 1.11 bits per heavy atom. The largest absolute Gasteiger partial charge is 0.310 e. The van der Waals surface area contributed by atoms with Crippen LogP contribution in [0.2, 0.25) is 0 Å². The first kappa shape index (κ1) is 18.1. The van der Waals surface area contributed by atoms with Crippen molar-refractivity contribution in [3.05, 3.63) is 63.3 Å². The van der Waals surface area contributed by atoms with Gasteiger partial charge in [0.1, 0.15) is 5.82 Å². The number of fused-ring (bicyclic) bond motifs is 1. The molecule has 0 bridgehead atoms. The molecule has 0 radical (unpaired) electrons. The third-order valence-corrected chi connectivity index (χ3v) is 7.30. The number of H-pyrrole nitrogens is 1. The van der Waals surface area contributed by atoms with Gasteiger partial charge in [-0.1, -0.05) is 30.3 Å². The number of aryl methyl sites for hydroxylation is 2. The summed E-state index contributed by atoms with van der Waals surface area (Å²) in [5, 5.41) is 0. The van der Waals surface area contributed by atoms with Crippen molar-refractivity contribution in [2.24, 2.45) is 5.41 Å². The first-order chi connectivity index (χ1) is 13.7. The second-order valence-corrected chi connectivity index (χ2v) is 9.24. The van der Waals surface area contributed by atoms with Crippen LogP contribution in [0.3, 0.4) is 0 Å². The fourth-order valence-electron chi connectivity index (χ4n) is 5.24. The Bertz CT molecular complexity index is 876.